The minimum atomic E-state index is 0.533. The van der Waals surface area contributed by atoms with Gasteiger partial charge in [-0.25, -0.2) is 0 Å². The van der Waals surface area contributed by atoms with E-state index in [9.17, 15) is 0 Å². The Morgan fingerprint density at radius 3 is 2.39 bits per heavy atom. The number of hydrogen-bond donors (Lipinski definition) is 2. The van der Waals surface area contributed by atoms with Crippen molar-refractivity contribution in [2.24, 2.45) is 0 Å². The Morgan fingerprint density at radius 2 is 1.72 bits per heavy atom. The van der Waals surface area contributed by atoms with Crippen molar-refractivity contribution in [3.05, 3.63) is 36.4 Å². The number of nitrogen functional groups attached to an aromatic ring is 2. The molecule has 0 aromatic heterocycles. The van der Waals surface area contributed by atoms with Crippen LogP contribution in [0.2, 0.25) is 0 Å². The van der Waals surface area contributed by atoms with Crippen molar-refractivity contribution >= 4 is 11.4 Å². The summed E-state index contributed by atoms with van der Waals surface area (Å²) in [6, 6.07) is 11.1. The molecule has 0 heterocycles. The summed E-state index contributed by atoms with van der Waals surface area (Å²) in [7, 11) is 3.20. The monoisotopic (exact) mass is 244 g/mol. The minimum Gasteiger partial charge on any atom is -0.497 e. The minimum absolute atomic E-state index is 0.533. The van der Waals surface area contributed by atoms with Crippen LogP contribution in [0.15, 0.2) is 36.4 Å². The molecule has 2 rings (SSSR count). The van der Waals surface area contributed by atoms with E-state index in [-0.39, 0.29) is 0 Å². The van der Waals surface area contributed by atoms with E-state index in [1.807, 2.05) is 24.3 Å². The standard InChI is InChI=1S/C14H16N2O2/c1-17-10-5-3-4-9(8-10)13-11(15)6-7-12(18-2)14(13)16/h3-8H,15-16H2,1-2H3. The Hall–Kier alpha value is -2.36. The Kier molecular flexibility index (Phi) is 3.28. The number of benzene rings is 2. The lowest BCUT2D eigenvalue weighted by Crippen LogP contribution is -1.99. The van der Waals surface area contributed by atoms with Crippen molar-refractivity contribution in [3.63, 3.8) is 0 Å². The van der Waals surface area contributed by atoms with E-state index in [1.165, 1.54) is 0 Å². The first-order chi connectivity index (χ1) is 8.67. The fourth-order valence-corrected chi connectivity index (χ4v) is 1.90. The second kappa shape index (κ2) is 4.87. The summed E-state index contributed by atoms with van der Waals surface area (Å²) in [5, 5.41) is 0. The second-order valence-electron chi connectivity index (χ2n) is 3.88. The topological polar surface area (TPSA) is 70.5 Å². The molecule has 0 unspecified atom stereocenters. The zero-order valence-corrected chi connectivity index (χ0v) is 10.4. The largest absolute Gasteiger partial charge is 0.497 e. The summed E-state index contributed by atoms with van der Waals surface area (Å²) in [4.78, 5) is 0. The predicted octanol–water partition coefficient (Wildman–Crippen LogP) is 2.54. The molecule has 2 aromatic carbocycles. The molecule has 0 bridgehead atoms. The van der Waals surface area contributed by atoms with Crippen LogP contribution in [0.25, 0.3) is 11.1 Å². The molecule has 0 spiro atoms. The SMILES string of the molecule is COc1cccc(-c2c(N)ccc(OC)c2N)c1. The molecule has 4 heteroatoms. The Balaban J connectivity index is 2.62. The van der Waals surface area contributed by atoms with Crippen molar-refractivity contribution in [3.8, 4) is 22.6 Å². The number of ether oxygens (including phenoxy) is 2. The molecule has 0 amide bonds. The van der Waals surface area contributed by atoms with Gasteiger partial charge in [-0.1, -0.05) is 12.1 Å². The summed E-state index contributed by atoms with van der Waals surface area (Å²) in [5.41, 5.74) is 14.9. The van der Waals surface area contributed by atoms with Gasteiger partial charge in [0, 0.05) is 11.3 Å². The van der Waals surface area contributed by atoms with Gasteiger partial charge in [0.15, 0.2) is 0 Å². The summed E-state index contributed by atoms with van der Waals surface area (Å²) in [6.07, 6.45) is 0. The third kappa shape index (κ3) is 2.05. The Morgan fingerprint density at radius 1 is 0.944 bits per heavy atom. The van der Waals surface area contributed by atoms with Gasteiger partial charge in [0.1, 0.15) is 11.5 Å². The van der Waals surface area contributed by atoms with Crippen molar-refractivity contribution in [1.29, 1.82) is 0 Å². The highest BCUT2D eigenvalue weighted by Crippen LogP contribution is 2.38. The molecule has 0 aliphatic heterocycles. The highest BCUT2D eigenvalue weighted by atomic mass is 16.5. The normalized spacial score (nSPS) is 10.1. The number of hydrogen-bond acceptors (Lipinski definition) is 4. The van der Waals surface area contributed by atoms with Gasteiger partial charge >= 0.3 is 0 Å². The maximum Gasteiger partial charge on any atom is 0.142 e. The van der Waals surface area contributed by atoms with Gasteiger partial charge in [-0.3, -0.25) is 0 Å². The summed E-state index contributed by atoms with van der Waals surface area (Å²) in [5.74, 6) is 1.37. The number of rotatable bonds is 3. The van der Waals surface area contributed by atoms with Crippen molar-refractivity contribution in [2.45, 2.75) is 0 Å². The molecule has 0 radical (unpaired) electrons. The van der Waals surface area contributed by atoms with Crippen molar-refractivity contribution < 1.29 is 9.47 Å². The quantitative estimate of drug-likeness (QED) is 0.814. The average molecular weight is 244 g/mol. The maximum atomic E-state index is 6.07. The number of anilines is 2. The van der Waals surface area contributed by atoms with Crippen LogP contribution in [0.5, 0.6) is 11.5 Å². The van der Waals surface area contributed by atoms with E-state index in [2.05, 4.69) is 0 Å². The molecule has 0 saturated heterocycles. The van der Waals surface area contributed by atoms with Gasteiger partial charge < -0.3 is 20.9 Å². The summed E-state index contributed by atoms with van der Waals surface area (Å²) in [6.45, 7) is 0. The van der Waals surface area contributed by atoms with Crippen LogP contribution in [0.1, 0.15) is 0 Å². The summed E-state index contributed by atoms with van der Waals surface area (Å²) >= 11 is 0. The molecule has 4 N–H and O–H groups in total. The molecule has 18 heavy (non-hydrogen) atoms. The van der Waals surface area contributed by atoms with Crippen LogP contribution >= 0.6 is 0 Å². The van der Waals surface area contributed by atoms with Crippen LogP contribution in [-0.2, 0) is 0 Å². The lowest BCUT2D eigenvalue weighted by Gasteiger charge is -2.13. The van der Waals surface area contributed by atoms with E-state index in [4.69, 9.17) is 20.9 Å². The molecule has 2 aromatic rings. The molecular formula is C14H16N2O2. The highest BCUT2D eigenvalue weighted by molar-refractivity contribution is 5.90. The van der Waals surface area contributed by atoms with Gasteiger partial charge in [0.2, 0.25) is 0 Å². The third-order valence-corrected chi connectivity index (χ3v) is 2.82. The molecule has 0 atom stereocenters. The zero-order chi connectivity index (χ0) is 13.1. The van der Waals surface area contributed by atoms with Crippen LogP contribution in [0.3, 0.4) is 0 Å². The second-order valence-corrected chi connectivity index (χ2v) is 3.88. The van der Waals surface area contributed by atoms with Gasteiger partial charge in [0.25, 0.3) is 0 Å². The highest BCUT2D eigenvalue weighted by Gasteiger charge is 2.12. The van der Waals surface area contributed by atoms with E-state index >= 15 is 0 Å². The van der Waals surface area contributed by atoms with Gasteiger partial charge in [0.05, 0.1) is 19.9 Å². The Bertz CT molecular complexity index is 568. The molecular weight excluding hydrogens is 228 g/mol. The van der Waals surface area contributed by atoms with E-state index in [1.54, 1.807) is 26.4 Å². The maximum absolute atomic E-state index is 6.07. The first kappa shape index (κ1) is 12.1. The first-order valence-electron chi connectivity index (χ1n) is 5.53. The molecule has 0 fully saturated rings. The molecule has 0 aliphatic carbocycles. The van der Waals surface area contributed by atoms with Crippen molar-refractivity contribution in [2.75, 3.05) is 25.7 Å². The predicted molar refractivity (Wildman–Crippen MR) is 73.8 cm³/mol. The fraction of sp³-hybridized carbons (Fsp3) is 0.143. The lowest BCUT2D eigenvalue weighted by atomic mass is 10.0. The summed E-state index contributed by atoms with van der Waals surface area (Å²) < 4.78 is 10.4. The number of methoxy groups -OCH3 is 2. The average Bonchev–Trinajstić information content (AvgIpc) is 2.39. The zero-order valence-electron chi connectivity index (χ0n) is 10.4. The number of nitrogens with two attached hydrogens (primary N) is 2. The molecule has 0 aliphatic rings. The lowest BCUT2D eigenvalue weighted by molar-refractivity contribution is 0.415. The van der Waals surface area contributed by atoms with Gasteiger partial charge in [-0.2, -0.15) is 0 Å². The smallest absolute Gasteiger partial charge is 0.142 e. The van der Waals surface area contributed by atoms with E-state index in [0.717, 1.165) is 16.9 Å². The third-order valence-electron chi connectivity index (χ3n) is 2.82. The van der Waals surface area contributed by atoms with Crippen LogP contribution in [-0.4, -0.2) is 14.2 Å². The van der Waals surface area contributed by atoms with Crippen molar-refractivity contribution in [1.82, 2.24) is 0 Å². The van der Waals surface area contributed by atoms with Gasteiger partial charge in [-0.15, -0.1) is 0 Å². The van der Waals surface area contributed by atoms with Crippen LogP contribution in [0, 0.1) is 0 Å². The van der Waals surface area contributed by atoms with E-state index in [0.29, 0.717) is 17.1 Å². The molecule has 4 nitrogen and oxygen atoms in total. The molecule has 94 valence electrons. The Labute approximate surface area is 106 Å². The van der Waals surface area contributed by atoms with Crippen LogP contribution < -0.4 is 20.9 Å². The van der Waals surface area contributed by atoms with E-state index < -0.39 is 0 Å². The first-order valence-corrected chi connectivity index (χ1v) is 5.53. The molecule has 0 saturated carbocycles. The fourth-order valence-electron chi connectivity index (χ4n) is 1.90. The van der Waals surface area contributed by atoms with Crippen LogP contribution in [0.4, 0.5) is 11.4 Å². The van der Waals surface area contributed by atoms with Gasteiger partial charge in [-0.05, 0) is 29.8 Å².